The molecule has 0 amide bonds. The first-order valence-electron chi connectivity index (χ1n) is 5.61. The van der Waals surface area contributed by atoms with Crippen LogP contribution in [-0.2, 0) is 4.79 Å². The van der Waals surface area contributed by atoms with Crippen LogP contribution in [0.25, 0.3) is 0 Å². The monoisotopic (exact) mass is 198 g/mol. The van der Waals surface area contributed by atoms with Gasteiger partial charge < -0.3 is 5.11 Å². The molecular formula is C12H22O2. The van der Waals surface area contributed by atoms with Gasteiger partial charge in [-0.25, -0.2) is 0 Å². The first-order chi connectivity index (χ1) is 6.39. The minimum Gasteiger partial charge on any atom is -0.481 e. The van der Waals surface area contributed by atoms with Crippen molar-refractivity contribution in [1.82, 2.24) is 0 Å². The predicted molar refractivity (Wildman–Crippen MR) is 57.2 cm³/mol. The van der Waals surface area contributed by atoms with Crippen molar-refractivity contribution >= 4 is 5.97 Å². The maximum atomic E-state index is 10.6. The molecule has 1 aliphatic carbocycles. The zero-order valence-electron chi connectivity index (χ0n) is 9.55. The van der Waals surface area contributed by atoms with E-state index in [0.29, 0.717) is 23.7 Å². The number of hydrogen-bond acceptors (Lipinski definition) is 1. The minimum atomic E-state index is -0.635. The number of rotatable bonds is 2. The van der Waals surface area contributed by atoms with E-state index in [1.54, 1.807) is 0 Å². The molecule has 0 radical (unpaired) electrons. The first kappa shape index (κ1) is 11.5. The van der Waals surface area contributed by atoms with Crippen molar-refractivity contribution in [3.8, 4) is 0 Å². The van der Waals surface area contributed by atoms with Crippen LogP contribution in [0.2, 0.25) is 0 Å². The van der Waals surface area contributed by atoms with Gasteiger partial charge in [-0.15, -0.1) is 0 Å². The van der Waals surface area contributed by atoms with E-state index in [1.807, 2.05) is 0 Å². The fraction of sp³-hybridized carbons (Fsp3) is 0.917. The lowest BCUT2D eigenvalue weighted by Gasteiger charge is -2.37. The van der Waals surface area contributed by atoms with Crippen LogP contribution in [-0.4, -0.2) is 11.1 Å². The average Bonchev–Trinajstić information content (AvgIpc) is 2.01. The summed E-state index contributed by atoms with van der Waals surface area (Å²) in [7, 11) is 0. The summed E-state index contributed by atoms with van der Waals surface area (Å²) in [6.07, 6.45) is 5.07. The first-order valence-corrected chi connectivity index (χ1v) is 5.61. The Morgan fingerprint density at radius 3 is 2.50 bits per heavy atom. The number of carboxylic acid groups (broad SMARTS) is 1. The summed E-state index contributed by atoms with van der Waals surface area (Å²) in [6.45, 7) is 6.79. The average molecular weight is 198 g/mol. The van der Waals surface area contributed by atoms with Crippen LogP contribution in [0, 0.1) is 17.3 Å². The van der Waals surface area contributed by atoms with Crippen molar-refractivity contribution in [2.45, 2.75) is 52.9 Å². The molecule has 2 atom stereocenters. The van der Waals surface area contributed by atoms with Crippen molar-refractivity contribution in [1.29, 1.82) is 0 Å². The molecule has 0 aliphatic heterocycles. The highest BCUT2D eigenvalue weighted by Crippen LogP contribution is 2.41. The summed E-state index contributed by atoms with van der Waals surface area (Å²) in [5.41, 5.74) is 0.344. The topological polar surface area (TPSA) is 37.3 Å². The van der Waals surface area contributed by atoms with Gasteiger partial charge in [0.2, 0.25) is 0 Å². The molecule has 0 aromatic rings. The van der Waals surface area contributed by atoms with Gasteiger partial charge in [-0.1, -0.05) is 27.2 Å². The van der Waals surface area contributed by atoms with Crippen LogP contribution in [0.4, 0.5) is 0 Å². The molecule has 1 fully saturated rings. The summed E-state index contributed by atoms with van der Waals surface area (Å²) in [4.78, 5) is 10.6. The van der Waals surface area contributed by atoms with Gasteiger partial charge in [0.05, 0.1) is 0 Å². The molecular weight excluding hydrogens is 176 g/mol. The Kier molecular flexibility index (Phi) is 3.57. The third-order valence-electron chi connectivity index (χ3n) is 3.47. The second-order valence-corrected chi connectivity index (χ2v) is 5.69. The van der Waals surface area contributed by atoms with Gasteiger partial charge in [-0.2, -0.15) is 0 Å². The lowest BCUT2D eigenvalue weighted by atomic mass is 9.68. The van der Waals surface area contributed by atoms with E-state index in [2.05, 4.69) is 20.8 Å². The highest BCUT2D eigenvalue weighted by Gasteiger charge is 2.31. The highest BCUT2D eigenvalue weighted by atomic mass is 16.4. The summed E-state index contributed by atoms with van der Waals surface area (Å²) >= 11 is 0. The van der Waals surface area contributed by atoms with E-state index in [0.717, 1.165) is 12.8 Å². The van der Waals surface area contributed by atoms with Crippen LogP contribution in [0.5, 0.6) is 0 Å². The Hall–Kier alpha value is -0.530. The molecule has 2 nitrogen and oxygen atoms in total. The second-order valence-electron chi connectivity index (χ2n) is 5.69. The molecule has 0 bridgehead atoms. The quantitative estimate of drug-likeness (QED) is 0.739. The summed E-state index contributed by atoms with van der Waals surface area (Å²) < 4.78 is 0. The van der Waals surface area contributed by atoms with E-state index in [9.17, 15) is 4.79 Å². The maximum absolute atomic E-state index is 10.6. The zero-order chi connectivity index (χ0) is 10.8. The Morgan fingerprint density at radius 1 is 1.36 bits per heavy atom. The SMILES string of the molecule is CC(C)(C)[C@@H]1CCC[C@@H](CC(=O)O)C1. The normalized spacial score (nSPS) is 28.8. The second kappa shape index (κ2) is 4.33. The van der Waals surface area contributed by atoms with Gasteiger partial charge in [0.25, 0.3) is 0 Å². The molecule has 1 aliphatic rings. The van der Waals surface area contributed by atoms with E-state index in [-0.39, 0.29) is 0 Å². The standard InChI is InChI=1S/C12H22O2/c1-12(2,3)10-6-4-5-9(7-10)8-11(13)14/h9-10H,4-8H2,1-3H3,(H,13,14)/t9-,10-/m1/s1. The van der Waals surface area contributed by atoms with Gasteiger partial charge >= 0.3 is 5.97 Å². The van der Waals surface area contributed by atoms with Crippen LogP contribution in [0.3, 0.4) is 0 Å². The maximum Gasteiger partial charge on any atom is 0.303 e. The molecule has 14 heavy (non-hydrogen) atoms. The zero-order valence-corrected chi connectivity index (χ0v) is 9.55. The molecule has 0 spiro atoms. The molecule has 0 aromatic carbocycles. The third kappa shape index (κ3) is 3.32. The molecule has 2 heteroatoms. The van der Waals surface area contributed by atoms with Gasteiger partial charge in [0.1, 0.15) is 0 Å². The van der Waals surface area contributed by atoms with Crippen LogP contribution in [0.15, 0.2) is 0 Å². The number of carboxylic acids is 1. The summed E-state index contributed by atoms with van der Waals surface area (Å²) in [5, 5.41) is 8.75. The Bertz CT molecular complexity index is 203. The van der Waals surface area contributed by atoms with E-state index >= 15 is 0 Å². The number of carbonyl (C=O) groups is 1. The van der Waals surface area contributed by atoms with Gasteiger partial charge in [0, 0.05) is 6.42 Å². The number of aliphatic carboxylic acids is 1. The van der Waals surface area contributed by atoms with Crippen LogP contribution < -0.4 is 0 Å². The van der Waals surface area contributed by atoms with E-state index in [4.69, 9.17) is 5.11 Å². The highest BCUT2D eigenvalue weighted by molar-refractivity contribution is 5.67. The van der Waals surface area contributed by atoms with Crippen molar-refractivity contribution in [3.05, 3.63) is 0 Å². The molecule has 1 saturated carbocycles. The smallest absolute Gasteiger partial charge is 0.303 e. The van der Waals surface area contributed by atoms with Crippen molar-refractivity contribution in [2.24, 2.45) is 17.3 Å². The minimum absolute atomic E-state index is 0.344. The van der Waals surface area contributed by atoms with Gasteiger partial charge in [0.15, 0.2) is 0 Å². The molecule has 0 heterocycles. The van der Waals surface area contributed by atoms with Crippen LogP contribution in [0.1, 0.15) is 52.9 Å². The van der Waals surface area contributed by atoms with Crippen molar-refractivity contribution in [2.75, 3.05) is 0 Å². The van der Waals surface area contributed by atoms with Gasteiger partial charge in [-0.05, 0) is 36.5 Å². The summed E-state index contributed by atoms with van der Waals surface area (Å²) in [5.74, 6) is 0.496. The molecule has 0 unspecified atom stereocenters. The Morgan fingerprint density at radius 2 is 2.00 bits per heavy atom. The van der Waals surface area contributed by atoms with Gasteiger partial charge in [-0.3, -0.25) is 4.79 Å². The third-order valence-corrected chi connectivity index (χ3v) is 3.47. The molecule has 1 rings (SSSR count). The van der Waals surface area contributed by atoms with Crippen LogP contribution >= 0.6 is 0 Å². The molecule has 82 valence electrons. The summed E-state index contributed by atoms with van der Waals surface area (Å²) in [6, 6.07) is 0. The lowest BCUT2D eigenvalue weighted by Crippen LogP contribution is -2.27. The fourth-order valence-electron chi connectivity index (χ4n) is 2.51. The van der Waals surface area contributed by atoms with E-state index < -0.39 is 5.97 Å². The lowest BCUT2D eigenvalue weighted by molar-refractivity contribution is -0.138. The molecule has 0 saturated heterocycles. The fourth-order valence-corrected chi connectivity index (χ4v) is 2.51. The van der Waals surface area contributed by atoms with E-state index in [1.165, 1.54) is 12.8 Å². The van der Waals surface area contributed by atoms with Crippen molar-refractivity contribution < 1.29 is 9.90 Å². The molecule has 0 aromatic heterocycles. The largest absolute Gasteiger partial charge is 0.481 e. The predicted octanol–water partition coefficient (Wildman–Crippen LogP) is 3.31. The number of hydrogen-bond donors (Lipinski definition) is 1. The van der Waals surface area contributed by atoms with Crippen molar-refractivity contribution in [3.63, 3.8) is 0 Å². The molecule has 1 N–H and O–H groups in total. The Balaban J connectivity index is 2.48. The Labute approximate surface area is 86.7 Å².